The molecular weight excluding hydrogens is 190 g/mol. The smallest absolute Gasteiger partial charge is 0.307 e. The van der Waals surface area contributed by atoms with Crippen molar-refractivity contribution in [2.45, 2.75) is 53.1 Å². The van der Waals surface area contributed by atoms with Gasteiger partial charge >= 0.3 is 5.97 Å². The maximum atomic E-state index is 11.3. The molecule has 0 amide bonds. The number of carbonyl (C=O) groups excluding carboxylic acids is 1. The van der Waals surface area contributed by atoms with Crippen molar-refractivity contribution in [1.29, 1.82) is 0 Å². The monoisotopic (exact) mass is 213 g/mol. The Morgan fingerprint density at radius 2 is 2.00 bits per heavy atom. The van der Waals surface area contributed by atoms with Gasteiger partial charge in [-0.05, 0) is 19.3 Å². The first-order valence-corrected chi connectivity index (χ1v) is 5.73. The minimum atomic E-state index is -0.0626. The maximum Gasteiger partial charge on any atom is 0.307 e. The van der Waals surface area contributed by atoms with Gasteiger partial charge in [-0.3, -0.25) is 9.69 Å². The number of ether oxygens (including phenoxy) is 1. The van der Waals surface area contributed by atoms with E-state index in [2.05, 4.69) is 39.5 Å². The summed E-state index contributed by atoms with van der Waals surface area (Å²) >= 11 is 0. The van der Waals surface area contributed by atoms with Crippen molar-refractivity contribution >= 4 is 5.97 Å². The van der Waals surface area contributed by atoms with Gasteiger partial charge in [0, 0.05) is 18.6 Å². The van der Waals surface area contributed by atoms with Gasteiger partial charge < -0.3 is 4.74 Å². The number of carbonyl (C=O) groups is 1. The Morgan fingerprint density at radius 3 is 2.47 bits per heavy atom. The molecule has 0 spiro atoms. The predicted molar refractivity (Wildman–Crippen MR) is 60.7 cm³/mol. The number of esters is 1. The van der Waals surface area contributed by atoms with Crippen molar-refractivity contribution in [2.24, 2.45) is 5.41 Å². The SMILES string of the molecule is CC(C)N1CCC(=O)OC[C@H]1C(C)(C)C. The van der Waals surface area contributed by atoms with Gasteiger partial charge in [0.05, 0.1) is 6.42 Å². The van der Waals surface area contributed by atoms with E-state index in [-0.39, 0.29) is 11.4 Å². The number of cyclic esters (lactones) is 1. The van der Waals surface area contributed by atoms with Crippen molar-refractivity contribution in [1.82, 2.24) is 4.90 Å². The minimum Gasteiger partial charge on any atom is -0.464 e. The average molecular weight is 213 g/mol. The third-order valence-electron chi connectivity index (χ3n) is 3.04. The maximum absolute atomic E-state index is 11.3. The predicted octanol–water partition coefficient (Wildman–Crippen LogP) is 2.06. The van der Waals surface area contributed by atoms with E-state index in [0.717, 1.165) is 6.54 Å². The molecule has 0 aromatic rings. The van der Waals surface area contributed by atoms with Crippen LogP contribution in [0, 0.1) is 5.41 Å². The zero-order valence-corrected chi connectivity index (χ0v) is 10.5. The summed E-state index contributed by atoms with van der Waals surface area (Å²) in [6.07, 6.45) is 0.519. The molecule has 1 atom stereocenters. The summed E-state index contributed by atoms with van der Waals surface area (Å²) in [5.74, 6) is -0.0626. The number of hydrogen-bond acceptors (Lipinski definition) is 3. The van der Waals surface area contributed by atoms with E-state index in [0.29, 0.717) is 25.1 Å². The normalized spacial score (nSPS) is 25.2. The van der Waals surface area contributed by atoms with E-state index in [1.807, 2.05) is 0 Å². The van der Waals surface area contributed by atoms with Crippen molar-refractivity contribution in [3.8, 4) is 0 Å². The topological polar surface area (TPSA) is 29.5 Å². The third kappa shape index (κ3) is 3.20. The molecule has 88 valence electrons. The van der Waals surface area contributed by atoms with E-state index in [4.69, 9.17) is 4.74 Å². The molecule has 1 heterocycles. The molecule has 1 saturated heterocycles. The van der Waals surface area contributed by atoms with Crippen LogP contribution in [0.5, 0.6) is 0 Å². The highest BCUT2D eigenvalue weighted by molar-refractivity contribution is 5.69. The van der Waals surface area contributed by atoms with Crippen molar-refractivity contribution < 1.29 is 9.53 Å². The fourth-order valence-corrected chi connectivity index (χ4v) is 2.08. The third-order valence-corrected chi connectivity index (χ3v) is 3.04. The lowest BCUT2D eigenvalue weighted by Crippen LogP contribution is -2.49. The Hall–Kier alpha value is -0.570. The van der Waals surface area contributed by atoms with Crippen molar-refractivity contribution in [3.05, 3.63) is 0 Å². The van der Waals surface area contributed by atoms with E-state index in [9.17, 15) is 4.79 Å². The molecule has 0 unspecified atom stereocenters. The fourth-order valence-electron chi connectivity index (χ4n) is 2.08. The molecule has 1 aliphatic rings. The van der Waals surface area contributed by atoms with Gasteiger partial charge in [-0.1, -0.05) is 20.8 Å². The van der Waals surface area contributed by atoms with Crippen LogP contribution in [0.4, 0.5) is 0 Å². The Morgan fingerprint density at radius 1 is 1.40 bits per heavy atom. The quantitative estimate of drug-likeness (QED) is 0.624. The molecule has 1 aliphatic heterocycles. The van der Waals surface area contributed by atoms with Gasteiger partial charge in [-0.15, -0.1) is 0 Å². The first kappa shape index (κ1) is 12.5. The molecule has 0 radical (unpaired) electrons. The highest BCUT2D eigenvalue weighted by Gasteiger charge is 2.35. The number of nitrogens with zero attached hydrogens (tertiary/aromatic N) is 1. The zero-order chi connectivity index (χ0) is 11.6. The van der Waals surface area contributed by atoms with Gasteiger partial charge in [0.1, 0.15) is 6.61 Å². The van der Waals surface area contributed by atoms with Gasteiger partial charge in [0.15, 0.2) is 0 Å². The zero-order valence-electron chi connectivity index (χ0n) is 10.5. The minimum absolute atomic E-state index is 0.0626. The van der Waals surface area contributed by atoms with Crippen LogP contribution < -0.4 is 0 Å². The van der Waals surface area contributed by atoms with Crippen LogP contribution in [0.2, 0.25) is 0 Å². The molecule has 0 saturated carbocycles. The Balaban J connectivity index is 2.83. The highest BCUT2D eigenvalue weighted by atomic mass is 16.5. The molecular formula is C12H23NO2. The summed E-state index contributed by atoms with van der Waals surface area (Å²) < 4.78 is 5.24. The lowest BCUT2D eigenvalue weighted by Gasteiger charge is -2.40. The summed E-state index contributed by atoms with van der Waals surface area (Å²) in [6, 6.07) is 0.785. The second-order valence-electron chi connectivity index (χ2n) is 5.65. The number of hydrogen-bond donors (Lipinski definition) is 0. The summed E-state index contributed by atoms with van der Waals surface area (Å²) in [6.45, 7) is 12.3. The van der Waals surface area contributed by atoms with Crippen LogP contribution in [0.3, 0.4) is 0 Å². The lowest BCUT2D eigenvalue weighted by molar-refractivity contribution is -0.143. The molecule has 0 N–H and O–H groups in total. The summed E-state index contributed by atoms with van der Waals surface area (Å²) in [7, 11) is 0. The standard InChI is InChI=1S/C12H23NO2/c1-9(2)13-7-6-11(14)15-8-10(13)12(3,4)5/h9-10H,6-8H2,1-5H3/t10-/m0/s1. The van der Waals surface area contributed by atoms with Crippen LogP contribution in [-0.2, 0) is 9.53 Å². The Labute approximate surface area is 92.8 Å². The lowest BCUT2D eigenvalue weighted by atomic mass is 9.85. The second-order valence-corrected chi connectivity index (χ2v) is 5.65. The molecule has 0 aromatic carbocycles. The second kappa shape index (κ2) is 4.52. The van der Waals surface area contributed by atoms with Gasteiger partial charge in [-0.2, -0.15) is 0 Å². The molecule has 0 aromatic heterocycles. The van der Waals surface area contributed by atoms with E-state index >= 15 is 0 Å². The van der Waals surface area contributed by atoms with Gasteiger partial charge in [-0.25, -0.2) is 0 Å². The number of rotatable bonds is 1. The first-order chi connectivity index (χ1) is 6.82. The molecule has 1 rings (SSSR count). The summed E-state index contributed by atoms with van der Waals surface area (Å²) in [5, 5.41) is 0. The van der Waals surface area contributed by atoms with Crippen LogP contribution in [0.15, 0.2) is 0 Å². The molecule has 3 heteroatoms. The van der Waals surface area contributed by atoms with Crippen LogP contribution in [0.25, 0.3) is 0 Å². The van der Waals surface area contributed by atoms with E-state index < -0.39 is 0 Å². The fraction of sp³-hybridized carbons (Fsp3) is 0.917. The molecule has 3 nitrogen and oxygen atoms in total. The van der Waals surface area contributed by atoms with Crippen LogP contribution >= 0.6 is 0 Å². The first-order valence-electron chi connectivity index (χ1n) is 5.73. The average Bonchev–Trinajstić information content (AvgIpc) is 2.25. The van der Waals surface area contributed by atoms with Gasteiger partial charge in [0.2, 0.25) is 0 Å². The van der Waals surface area contributed by atoms with Crippen molar-refractivity contribution in [2.75, 3.05) is 13.2 Å². The summed E-state index contributed by atoms with van der Waals surface area (Å²) in [5.41, 5.74) is 0.148. The van der Waals surface area contributed by atoms with E-state index in [1.165, 1.54) is 0 Å². The van der Waals surface area contributed by atoms with E-state index in [1.54, 1.807) is 0 Å². The Bertz CT molecular complexity index is 230. The summed E-state index contributed by atoms with van der Waals surface area (Å²) in [4.78, 5) is 13.7. The highest BCUT2D eigenvalue weighted by Crippen LogP contribution is 2.28. The largest absolute Gasteiger partial charge is 0.464 e. The molecule has 1 fully saturated rings. The van der Waals surface area contributed by atoms with Crippen LogP contribution in [0.1, 0.15) is 41.0 Å². The molecule has 15 heavy (non-hydrogen) atoms. The molecule has 0 bridgehead atoms. The van der Waals surface area contributed by atoms with Crippen molar-refractivity contribution in [3.63, 3.8) is 0 Å². The van der Waals surface area contributed by atoms with Gasteiger partial charge in [0.25, 0.3) is 0 Å². The van der Waals surface area contributed by atoms with Crippen LogP contribution in [-0.4, -0.2) is 36.1 Å². The molecule has 0 aliphatic carbocycles. The Kier molecular flexibility index (Phi) is 3.77.